The fraction of sp³-hybridized carbons (Fsp3) is 0.625. The zero-order chi connectivity index (χ0) is 15.5. The first kappa shape index (κ1) is 16.0. The molecule has 2 atom stereocenters. The summed E-state index contributed by atoms with van der Waals surface area (Å²) in [5, 5.41) is 2.06. The van der Waals surface area contributed by atoms with Crippen molar-refractivity contribution in [2.45, 2.75) is 33.1 Å². The predicted octanol–water partition coefficient (Wildman–Crippen LogP) is 2.73. The molecular weight excluding hydrogens is 286 g/mol. The number of carbonyl (C=O) groups excluding carboxylic acids is 2. The smallest absolute Gasteiger partial charge is 0.313 e. The van der Waals surface area contributed by atoms with Crippen molar-refractivity contribution in [2.24, 2.45) is 11.3 Å². The molecule has 2 rings (SSSR count). The lowest BCUT2D eigenvalue weighted by molar-refractivity contribution is -0.153. The molecule has 1 aliphatic rings. The summed E-state index contributed by atoms with van der Waals surface area (Å²) < 4.78 is 4.89. The van der Waals surface area contributed by atoms with Crippen LogP contribution >= 0.6 is 11.3 Å². The van der Waals surface area contributed by atoms with E-state index >= 15 is 0 Å². The van der Waals surface area contributed by atoms with Crippen LogP contribution in [0.4, 0.5) is 0 Å². The van der Waals surface area contributed by atoms with Crippen molar-refractivity contribution in [1.82, 2.24) is 4.90 Å². The van der Waals surface area contributed by atoms with Gasteiger partial charge in [0, 0.05) is 24.4 Å². The molecule has 4 nitrogen and oxygen atoms in total. The molecule has 0 saturated carbocycles. The van der Waals surface area contributed by atoms with Gasteiger partial charge in [0.25, 0.3) is 0 Å². The molecule has 1 saturated heterocycles. The summed E-state index contributed by atoms with van der Waals surface area (Å²) in [6.07, 6.45) is 2.35. The number of hydrogen-bond donors (Lipinski definition) is 0. The number of esters is 1. The first-order valence-corrected chi connectivity index (χ1v) is 8.24. The van der Waals surface area contributed by atoms with E-state index in [2.05, 4.69) is 11.4 Å². The van der Waals surface area contributed by atoms with E-state index in [1.54, 1.807) is 11.3 Å². The summed E-state index contributed by atoms with van der Waals surface area (Å²) >= 11 is 1.73. The molecule has 1 amide bonds. The van der Waals surface area contributed by atoms with E-state index in [1.165, 1.54) is 12.0 Å². The van der Waals surface area contributed by atoms with Crippen LogP contribution in [0.5, 0.6) is 0 Å². The van der Waals surface area contributed by atoms with Crippen LogP contribution in [0, 0.1) is 11.3 Å². The Hall–Kier alpha value is -1.36. The summed E-state index contributed by atoms with van der Waals surface area (Å²) in [6.45, 7) is 5.01. The minimum atomic E-state index is -0.571. The Morgan fingerprint density at radius 3 is 2.90 bits per heavy atom. The Kier molecular flexibility index (Phi) is 5.04. The maximum Gasteiger partial charge on any atom is 0.313 e. The summed E-state index contributed by atoms with van der Waals surface area (Å²) in [5.74, 6) is 0.0566. The van der Waals surface area contributed by atoms with E-state index < -0.39 is 5.41 Å². The molecule has 0 aliphatic carbocycles. The number of thiophene rings is 1. The van der Waals surface area contributed by atoms with E-state index in [4.69, 9.17) is 4.74 Å². The van der Waals surface area contributed by atoms with Gasteiger partial charge in [0.2, 0.25) is 5.91 Å². The van der Waals surface area contributed by atoms with Crippen molar-refractivity contribution in [2.75, 3.05) is 20.2 Å². The van der Waals surface area contributed by atoms with E-state index in [0.717, 1.165) is 12.8 Å². The number of aryl methyl sites for hydroxylation is 1. The number of amides is 1. The quantitative estimate of drug-likeness (QED) is 0.786. The SMILES string of the molecule is COC(=O)[C@]1(C)CN(C(=O)CCCc2cccs2)C[C@H]1C. The second-order valence-electron chi connectivity index (χ2n) is 6.02. The molecule has 0 aromatic carbocycles. The summed E-state index contributed by atoms with van der Waals surface area (Å²) in [6, 6.07) is 4.13. The van der Waals surface area contributed by atoms with Gasteiger partial charge < -0.3 is 9.64 Å². The average Bonchev–Trinajstić information content (AvgIpc) is 3.07. The van der Waals surface area contributed by atoms with Gasteiger partial charge in [-0.05, 0) is 37.1 Å². The topological polar surface area (TPSA) is 46.6 Å². The Morgan fingerprint density at radius 2 is 2.29 bits per heavy atom. The molecule has 1 aromatic rings. The van der Waals surface area contributed by atoms with Crippen molar-refractivity contribution in [1.29, 1.82) is 0 Å². The number of methoxy groups -OCH3 is 1. The lowest BCUT2D eigenvalue weighted by Crippen LogP contribution is -2.37. The molecule has 2 heterocycles. The van der Waals surface area contributed by atoms with Gasteiger partial charge in [0.05, 0.1) is 12.5 Å². The van der Waals surface area contributed by atoms with Gasteiger partial charge in [-0.3, -0.25) is 9.59 Å². The number of nitrogens with zero attached hydrogens (tertiary/aromatic N) is 1. The first-order valence-electron chi connectivity index (χ1n) is 7.36. The molecule has 116 valence electrons. The van der Waals surface area contributed by atoms with Crippen LogP contribution < -0.4 is 0 Å². The highest BCUT2D eigenvalue weighted by Gasteiger charge is 2.48. The van der Waals surface area contributed by atoms with E-state index in [0.29, 0.717) is 19.5 Å². The molecule has 21 heavy (non-hydrogen) atoms. The average molecular weight is 309 g/mol. The Labute approximate surface area is 130 Å². The highest BCUT2D eigenvalue weighted by atomic mass is 32.1. The van der Waals surface area contributed by atoms with Crippen LogP contribution in [0.2, 0.25) is 0 Å². The lowest BCUT2D eigenvalue weighted by atomic mass is 9.81. The maximum atomic E-state index is 12.3. The lowest BCUT2D eigenvalue weighted by Gasteiger charge is -2.24. The van der Waals surface area contributed by atoms with Gasteiger partial charge in [0.15, 0.2) is 0 Å². The third-order valence-electron chi connectivity index (χ3n) is 4.50. The Balaban J connectivity index is 1.85. The Morgan fingerprint density at radius 1 is 1.52 bits per heavy atom. The molecule has 1 aromatic heterocycles. The number of ether oxygens (including phenoxy) is 1. The number of likely N-dealkylation sites (tertiary alicyclic amines) is 1. The van der Waals surface area contributed by atoms with E-state index in [9.17, 15) is 9.59 Å². The molecule has 0 N–H and O–H groups in total. The van der Waals surface area contributed by atoms with Gasteiger partial charge >= 0.3 is 5.97 Å². The van der Waals surface area contributed by atoms with Crippen molar-refractivity contribution in [3.05, 3.63) is 22.4 Å². The van der Waals surface area contributed by atoms with E-state index in [-0.39, 0.29) is 17.8 Å². The second kappa shape index (κ2) is 6.60. The zero-order valence-electron chi connectivity index (χ0n) is 12.9. The largest absolute Gasteiger partial charge is 0.469 e. The minimum absolute atomic E-state index is 0.131. The van der Waals surface area contributed by atoms with Crippen LogP contribution in [-0.4, -0.2) is 37.0 Å². The summed E-state index contributed by atoms with van der Waals surface area (Å²) in [7, 11) is 1.41. The molecule has 1 fully saturated rings. The first-order chi connectivity index (χ1) is 9.97. The van der Waals surface area contributed by atoms with Gasteiger partial charge in [-0.15, -0.1) is 11.3 Å². The second-order valence-corrected chi connectivity index (χ2v) is 7.05. The Bertz CT molecular complexity index is 500. The number of carbonyl (C=O) groups is 2. The summed E-state index contributed by atoms with van der Waals surface area (Å²) in [5.41, 5.74) is -0.571. The van der Waals surface area contributed by atoms with Gasteiger partial charge in [-0.2, -0.15) is 0 Å². The van der Waals surface area contributed by atoms with E-state index in [1.807, 2.05) is 24.8 Å². The molecule has 0 radical (unpaired) electrons. The van der Waals surface area contributed by atoms with Gasteiger partial charge in [0.1, 0.15) is 0 Å². The van der Waals surface area contributed by atoms with Gasteiger partial charge in [-0.1, -0.05) is 13.0 Å². The molecule has 5 heteroatoms. The highest BCUT2D eigenvalue weighted by Crippen LogP contribution is 2.36. The van der Waals surface area contributed by atoms with Crippen molar-refractivity contribution < 1.29 is 14.3 Å². The highest BCUT2D eigenvalue weighted by molar-refractivity contribution is 7.09. The van der Waals surface area contributed by atoms with Crippen LogP contribution in [0.1, 0.15) is 31.6 Å². The molecule has 0 bridgehead atoms. The van der Waals surface area contributed by atoms with Crippen molar-refractivity contribution in [3.8, 4) is 0 Å². The third kappa shape index (κ3) is 3.46. The molecular formula is C16H23NO3S. The maximum absolute atomic E-state index is 12.3. The molecule has 0 spiro atoms. The van der Waals surface area contributed by atoms with Crippen LogP contribution in [-0.2, 0) is 20.7 Å². The fourth-order valence-corrected chi connectivity index (χ4v) is 3.62. The number of hydrogen-bond acceptors (Lipinski definition) is 4. The predicted molar refractivity (Wildman–Crippen MR) is 83.1 cm³/mol. The van der Waals surface area contributed by atoms with Crippen molar-refractivity contribution in [3.63, 3.8) is 0 Å². The zero-order valence-corrected chi connectivity index (χ0v) is 13.7. The van der Waals surface area contributed by atoms with Gasteiger partial charge in [-0.25, -0.2) is 0 Å². The standard InChI is InChI=1S/C16H23NO3S/c1-12-10-17(11-16(12,2)15(19)20-3)14(18)8-4-6-13-7-5-9-21-13/h5,7,9,12H,4,6,8,10-11H2,1-3H3/t12-,16-/m1/s1. The van der Waals surface area contributed by atoms with Crippen LogP contribution in [0.15, 0.2) is 17.5 Å². The fourth-order valence-electron chi connectivity index (χ4n) is 2.86. The monoisotopic (exact) mass is 309 g/mol. The molecule has 0 unspecified atom stereocenters. The number of rotatable bonds is 5. The van der Waals surface area contributed by atoms with Crippen LogP contribution in [0.25, 0.3) is 0 Å². The third-order valence-corrected chi connectivity index (χ3v) is 5.44. The van der Waals surface area contributed by atoms with Crippen molar-refractivity contribution >= 4 is 23.2 Å². The minimum Gasteiger partial charge on any atom is -0.469 e. The summed E-state index contributed by atoms with van der Waals surface area (Å²) in [4.78, 5) is 27.4. The molecule has 1 aliphatic heterocycles. The normalized spacial score (nSPS) is 25.1. The van der Waals surface area contributed by atoms with Crippen LogP contribution in [0.3, 0.4) is 0 Å².